The number of primary amides is 1. The molecule has 2 rings (SSSR count). The molecule has 1 saturated heterocycles. The summed E-state index contributed by atoms with van der Waals surface area (Å²) in [6, 6.07) is 6.63. The Morgan fingerprint density at radius 1 is 1.47 bits per heavy atom. The van der Waals surface area contributed by atoms with Crippen LogP contribution in [0.25, 0.3) is 0 Å². The van der Waals surface area contributed by atoms with Gasteiger partial charge in [0.15, 0.2) is 0 Å². The van der Waals surface area contributed by atoms with Gasteiger partial charge in [-0.25, -0.2) is 4.39 Å². The number of nitrogens with zero attached hydrogens (tertiary/aromatic N) is 1. The lowest BCUT2D eigenvalue weighted by molar-refractivity contribution is -0.123. The van der Waals surface area contributed by atoms with Crippen LogP contribution in [-0.2, 0) is 11.2 Å². The lowest BCUT2D eigenvalue weighted by Crippen LogP contribution is -2.46. The van der Waals surface area contributed by atoms with E-state index < -0.39 is 0 Å². The maximum atomic E-state index is 13.1. The van der Waals surface area contributed by atoms with E-state index in [2.05, 4.69) is 4.90 Å². The van der Waals surface area contributed by atoms with Gasteiger partial charge in [0.25, 0.3) is 0 Å². The van der Waals surface area contributed by atoms with E-state index in [1.165, 1.54) is 6.07 Å². The van der Waals surface area contributed by atoms with Crippen LogP contribution in [0, 0.1) is 11.7 Å². The summed E-state index contributed by atoms with van der Waals surface area (Å²) < 4.78 is 13.1. The van der Waals surface area contributed by atoms with Crippen molar-refractivity contribution in [3.8, 4) is 0 Å². The molecule has 0 unspecified atom stereocenters. The number of likely N-dealkylation sites (tertiary alicyclic amines) is 1. The fraction of sp³-hybridized carbons (Fsp3) is 0.533. The Bertz CT molecular complexity index is 442. The van der Waals surface area contributed by atoms with Gasteiger partial charge in [-0.15, -0.1) is 0 Å². The molecule has 0 aromatic heterocycles. The Hall–Kier alpha value is -1.42. The van der Waals surface area contributed by atoms with Gasteiger partial charge < -0.3 is 5.73 Å². The third-order valence-corrected chi connectivity index (χ3v) is 4.02. The van der Waals surface area contributed by atoms with Gasteiger partial charge in [0.1, 0.15) is 5.82 Å². The quantitative estimate of drug-likeness (QED) is 0.903. The molecule has 0 saturated carbocycles. The van der Waals surface area contributed by atoms with Crippen molar-refractivity contribution < 1.29 is 9.18 Å². The molecule has 2 N–H and O–H groups in total. The monoisotopic (exact) mass is 264 g/mol. The van der Waals surface area contributed by atoms with Crippen LogP contribution in [0.1, 0.15) is 25.3 Å². The predicted octanol–water partition coefficient (Wildman–Crippen LogP) is 1.95. The molecule has 1 heterocycles. The highest BCUT2D eigenvalue weighted by atomic mass is 19.1. The third kappa shape index (κ3) is 3.77. The van der Waals surface area contributed by atoms with E-state index in [0.29, 0.717) is 5.92 Å². The first-order valence-corrected chi connectivity index (χ1v) is 6.84. The van der Waals surface area contributed by atoms with Gasteiger partial charge in [0, 0.05) is 0 Å². The average Bonchev–Trinajstić information content (AvgIpc) is 2.39. The molecule has 1 aromatic rings. The first-order valence-electron chi connectivity index (χ1n) is 6.84. The zero-order valence-corrected chi connectivity index (χ0v) is 11.3. The fourth-order valence-corrected chi connectivity index (χ4v) is 2.72. The zero-order valence-electron chi connectivity index (χ0n) is 11.3. The number of hydrogen-bond donors (Lipinski definition) is 1. The molecule has 0 aliphatic carbocycles. The van der Waals surface area contributed by atoms with E-state index in [4.69, 9.17) is 5.73 Å². The second kappa shape index (κ2) is 6.15. The van der Waals surface area contributed by atoms with Crippen LogP contribution >= 0.6 is 0 Å². The number of carbonyl (C=O) groups excluding carboxylic acids is 1. The van der Waals surface area contributed by atoms with E-state index in [1.54, 1.807) is 12.1 Å². The summed E-state index contributed by atoms with van der Waals surface area (Å²) >= 11 is 0. The second-order valence-corrected chi connectivity index (χ2v) is 5.39. The summed E-state index contributed by atoms with van der Waals surface area (Å²) in [5, 5.41) is 0. The molecular weight excluding hydrogens is 243 g/mol. The van der Waals surface area contributed by atoms with Crippen molar-refractivity contribution in [2.75, 3.05) is 13.1 Å². The zero-order chi connectivity index (χ0) is 13.8. The number of hydrogen-bond acceptors (Lipinski definition) is 2. The SMILES string of the molecule is C[C@@H](C(N)=O)N1CCC(Cc2cccc(F)c2)CC1. The smallest absolute Gasteiger partial charge is 0.234 e. The van der Waals surface area contributed by atoms with Crippen LogP contribution < -0.4 is 5.73 Å². The minimum atomic E-state index is -0.261. The van der Waals surface area contributed by atoms with E-state index in [0.717, 1.165) is 37.9 Å². The van der Waals surface area contributed by atoms with Crippen molar-refractivity contribution >= 4 is 5.91 Å². The van der Waals surface area contributed by atoms with Gasteiger partial charge in [-0.2, -0.15) is 0 Å². The summed E-state index contributed by atoms with van der Waals surface area (Å²) in [5.74, 6) is 0.138. The topological polar surface area (TPSA) is 46.3 Å². The van der Waals surface area contributed by atoms with E-state index in [9.17, 15) is 9.18 Å². The van der Waals surface area contributed by atoms with Crippen molar-refractivity contribution in [1.82, 2.24) is 4.90 Å². The maximum Gasteiger partial charge on any atom is 0.234 e. The Labute approximate surface area is 113 Å². The van der Waals surface area contributed by atoms with Gasteiger partial charge in [-0.05, 0) is 62.9 Å². The fourth-order valence-electron chi connectivity index (χ4n) is 2.72. The van der Waals surface area contributed by atoms with Gasteiger partial charge in [-0.3, -0.25) is 9.69 Å². The molecule has 1 atom stereocenters. The first-order chi connectivity index (χ1) is 9.06. The van der Waals surface area contributed by atoms with Crippen molar-refractivity contribution in [1.29, 1.82) is 0 Å². The van der Waals surface area contributed by atoms with Crippen molar-refractivity contribution in [2.45, 2.75) is 32.2 Å². The van der Waals surface area contributed by atoms with Crippen molar-refractivity contribution in [3.63, 3.8) is 0 Å². The van der Waals surface area contributed by atoms with E-state index in [-0.39, 0.29) is 17.8 Å². The van der Waals surface area contributed by atoms with Crippen LogP contribution in [0.5, 0.6) is 0 Å². The van der Waals surface area contributed by atoms with Gasteiger partial charge in [-0.1, -0.05) is 12.1 Å². The number of benzene rings is 1. The summed E-state index contributed by atoms with van der Waals surface area (Å²) in [4.78, 5) is 13.3. The molecule has 1 amide bonds. The third-order valence-electron chi connectivity index (χ3n) is 4.02. The molecule has 4 heteroatoms. The molecule has 1 aliphatic heterocycles. The molecule has 0 spiro atoms. The second-order valence-electron chi connectivity index (χ2n) is 5.39. The Kier molecular flexibility index (Phi) is 4.53. The number of rotatable bonds is 4. The summed E-state index contributed by atoms with van der Waals surface area (Å²) in [5.41, 5.74) is 6.38. The minimum Gasteiger partial charge on any atom is -0.368 e. The summed E-state index contributed by atoms with van der Waals surface area (Å²) in [7, 11) is 0. The standard InChI is InChI=1S/C15H21FN2O/c1-11(15(17)19)18-7-5-12(6-8-18)9-13-3-2-4-14(16)10-13/h2-4,10-12H,5-9H2,1H3,(H2,17,19)/t11-/m0/s1. The van der Waals surface area contributed by atoms with Crippen molar-refractivity contribution in [2.24, 2.45) is 11.7 Å². The Morgan fingerprint density at radius 2 is 2.16 bits per heavy atom. The van der Waals surface area contributed by atoms with Gasteiger partial charge >= 0.3 is 0 Å². The molecule has 0 bridgehead atoms. The Morgan fingerprint density at radius 3 is 2.74 bits per heavy atom. The lowest BCUT2D eigenvalue weighted by atomic mass is 9.89. The predicted molar refractivity (Wildman–Crippen MR) is 73.1 cm³/mol. The normalized spacial score (nSPS) is 19.3. The number of carbonyl (C=O) groups is 1. The molecule has 104 valence electrons. The van der Waals surface area contributed by atoms with Crippen LogP contribution in [0.4, 0.5) is 4.39 Å². The van der Waals surface area contributed by atoms with Crippen LogP contribution in [0.15, 0.2) is 24.3 Å². The molecule has 19 heavy (non-hydrogen) atoms. The maximum absolute atomic E-state index is 13.1. The van der Waals surface area contributed by atoms with E-state index >= 15 is 0 Å². The minimum absolute atomic E-state index is 0.169. The Balaban J connectivity index is 1.85. The molecule has 0 radical (unpaired) electrons. The number of piperidine rings is 1. The molecule has 1 aliphatic rings. The summed E-state index contributed by atoms with van der Waals surface area (Å²) in [6.45, 7) is 3.64. The molecule has 1 aromatic carbocycles. The van der Waals surface area contributed by atoms with Crippen molar-refractivity contribution in [3.05, 3.63) is 35.6 Å². The van der Waals surface area contributed by atoms with E-state index in [1.807, 2.05) is 13.0 Å². The number of halogens is 1. The first kappa shape index (κ1) is 14.0. The highest BCUT2D eigenvalue weighted by Crippen LogP contribution is 2.23. The van der Waals surface area contributed by atoms with Gasteiger partial charge in [0.05, 0.1) is 6.04 Å². The van der Waals surface area contributed by atoms with Crippen LogP contribution in [-0.4, -0.2) is 29.9 Å². The molecule has 1 fully saturated rings. The number of amides is 1. The number of nitrogens with two attached hydrogens (primary N) is 1. The highest BCUT2D eigenvalue weighted by Gasteiger charge is 2.25. The molecular formula is C15H21FN2O. The highest BCUT2D eigenvalue weighted by molar-refractivity contribution is 5.79. The van der Waals surface area contributed by atoms with Gasteiger partial charge in [0.2, 0.25) is 5.91 Å². The largest absolute Gasteiger partial charge is 0.368 e. The average molecular weight is 264 g/mol. The lowest BCUT2D eigenvalue weighted by Gasteiger charge is -2.34. The van der Waals surface area contributed by atoms with Crippen LogP contribution in [0.3, 0.4) is 0 Å². The molecule has 3 nitrogen and oxygen atoms in total. The van der Waals surface area contributed by atoms with Crippen LogP contribution in [0.2, 0.25) is 0 Å². The summed E-state index contributed by atoms with van der Waals surface area (Å²) in [6.07, 6.45) is 2.98.